The second-order valence-electron chi connectivity index (χ2n) is 5.20. The van der Waals surface area contributed by atoms with Crippen molar-refractivity contribution in [3.05, 3.63) is 29.6 Å². The molecule has 1 heterocycles. The van der Waals surface area contributed by atoms with Gasteiger partial charge in [-0.15, -0.1) is 0 Å². The third kappa shape index (κ3) is 2.35. The lowest BCUT2D eigenvalue weighted by Crippen LogP contribution is -2.36. The van der Waals surface area contributed by atoms with Gasteiger partial charge in [-0.3, -0.25) is 0 Å². The van der Waals surface area contributed by atoms with E-state index in [9.17, 15) is 9.50 Å². The molecule has 1 fully saturated rings. The van der Waals surface area contributed by atoms with Crippen LogP contribution in [0, 0.1) is 11.7 Å². The standard InChI is InChI=1S/C14H21FN2O/c1-9-5-6-17(14(9)8-18)13-4-3-11(15)7-12(13)10(2)16/h3-4,7,9-10,14,18H,5-6,8,16H2,1-2H3. The highest BCUT2D eigenvalue weighted by Gasteiger charge is 2.32. The number of aliphatic hydroxyl groups excluding tert-OH is 1. The Morgan fingerprint density at radius 2 is 2.28 bits per heavy atom. The number of aliphatic hydroxyl groups is 1. The fraction of sp³-hybridized carbons (Fsp3) is 0.571. The van der Waals surface area contributed by atoms with Crippen molar-refractivity contribution in [3.8, 4) is 0 Å². The van der Waals surface area contributed by atoms with Crippen LogP contribution in [0.3, 0.4) is 0 Å². The maximum atomic E-state index is 13.3. The summed E-state index contributed by atoms with van der Waals surface area (Å²) in [5.74, 6) is 0.180. The molecule has 1 saturated heterocycles. The molecule has 0 radical (unpaired) electrons. The zero-order valence-electron chi connectivity index (χ0n) is 10.9. The largest absolute Gasteiger partial charge is 0.394 e. The van der Waals surface area contributed by atoms with Gasteiger partial charge in [0.1, 0.15) is 5.82 Å². The van der Waals surface area contributed by atoms with Crippen LogP contribution in [0.15, 0.2) is 18.2 Å². The molecule has 1 aliphatic heterocycles. The molecule has 18 heavy (non-hydrogen) atoms. The summed E-state index contributed by atoms with van der Waals surface area (Å²) in [6.07, 6.45) is 1.04. The summed E-state index contributed by atoms with van der Waals surface area (Å²) >= 11 is 0. The van der Waals surface area contributed by atoms with Crippen LogP contribution in [0.1, 0.15) is 31.9 Å². The molecule has 2 rings (SSSR count). The van der Waals surface area contributed by atoms with Crippen molar-refractivity contribution in [1.82, 2.24) is 0 Å². The molecule has 1 aromatic rings. The van der Waals surface area contributed by atoms with Gasteiger partial charge in [-0.2, -0.15) is 0 Å². The molecular weight excluding hydrogens is 231 g/mol. The summed E-state index contributed by atoms with van der Waals surface area (Å²) in [5.41, 5.74) is 7.68. The van der Waals surface area contributed by atoms with E-state index in [-0.39, 0.29) is 24.5 Å². The van der Waals surface area contributed by atoms with Crippen LogP contribution < -0.4 is 10.6 Å². The van der Waals surface area contributed by atoms with Gasteiger partial charge in [0.15, 0.2) is 0 Å². The highest BCUT2D eigenvalue weighted by atomic mass is 19.1. The molecule has 1 aromatic carbocycles. The van der Waals surface area contributed by atoms with Gasteiger partial charge >= 0.3 is 0 Å². The first kappa shape index (κ1) is 13.3. The van der Waals surface area contributed by atoms with Crippen molar-refractivity contribution in [2.24, 2.45) is 11.7 Å². The number of benzene rings is 1. The molecule has 1 aliphatic rings. The number of rotatable bonds is 3. The Hall–Kier alpha value is -1.13. The summed E-state index contributed by atoms with van der Waals surface area (Å²) in [6, 6.07) is 4.61. The molecule has 0 amide bonds. The van der Waals surface area contributed by atoms with Crippen molar-refractivity contribution in [1.29, 1.82) is 0 Å². The predicted molar refractivity (Wildman–Crippen MR) is 71.0 cm³/mol. The summed E-state index contributed by atoms with van der Waals surface area (Å²) < 4.78 is 13.3. The fourth-order valence-electron chi connectivity index (χ4n) is 2.74. The predicted octanol–water partition coefficient (Wildman–Crippen LogP) is 2.05. The van der Waals surface area contributed by atoms with E-state index in [2.05, 4.69) is 11.8 Å². The molecule has 0 aliphatic carbocycles. The molecule has 0 aromatic heterocycles. The summed E-state index contributed by atoms with van der Waals surface area (Å²) in [4.78, 5) is 2.16. The van der Waals surface area contributed by atoms with Crippen molar-refractivity contribution < 1.29 is 9.50 Å². The molecule has 100 valence electrons. The van der Waals surface area contributed by atoms with E-state index in [1.807, 2.05) is 6.92 Å². The van der Waals surface area contributed by atoms with Gasteiger partial charge in [-0.1, -0.05) is 6.92 Å². The zero-order chi connectivity index (χ0) is 13.3. The average Bonchev–Trinajstić information content (AvgIpc) is 2.70. The van der Waals surface area contributed by atoms with Gasteiger partial charge in [-0.25, -0.2) is 4.39 Å². The van der Waals surface area contributed by atoms with Crippen LogP contribution in [-0.4, -0.2) is 24.3 Å². The van der Waals surface area contributed by atoms with E-state index >= 15 is 0 Å². The smallest absolute Gasteiger partial charge is 0.123 e. The maximum absolute atomic E-state index is 13.3. The molecule has 0 spiro atoms. The van der Waals surface area contributed by atoms with E-state index in [0.717, 1.165) is 24.2 Å². The minimum Gasteiger partial charge on any atom is -0.394 e. The van der Waals surface area contributed by atoms with Gasteiger partial charge in [-0.05, 0) is 43.0 Å². The summed E-state index contributed by atoms with van der Waals surface area (Å²) in [5, 5.41) is 9.51. The van der Waals surface area contributed by atoms with E-state index in [1.165, 1.54) is 12.1 Å². The summed E-state index contributed by atoms with van der Waals surface area (Å²) in [7, 11) is 0. The van der Waals surface area contributed by atoms with Gasteiger partial charge in [0.25, 0.3) is 0 Å². The fourth-order valence-corrected chi connectivity index (χ4v) is 2.74. The van der Waals surface area contributed by atoms with Crippen LogP contribution in [0.2, 0.25) is 0 Å². The SMILES string of the molecule is CC(N)c1cc(F)ccc1N1CCC(C)C1CO. The lowest BCUT2D eigenvalue weighted by atomic mass is 10.0. The van der Waals surface area contributed by atoms with E-state index in [4.69, 9.17) is 5.73 Å². The Morgan fingerprint density at radius 3 is 2.89 bits per heavy atom. The minimum absolute atomic E-state index is 0.105. The first-order chi connectivity index (χ1) is 8.54. The third-order valence-electron chi connectivity index (χ3n) is 3.86. The van der Waals surface area contributed by atoms with Crippen molar-refractivity contribution in [2.45, 2.75) is 32.4 Å². The zero-order valence-corrected chi connectivity index (χ0v) is 10.9. The van der Waals surface area contributed by atoms with Gasteiger partial charge in [0.2, 0.25) is 0 Å². The number of hydrogen-bond donors (Lipinski definition) is 2. The van der Waals surface area contributed by atoms with Crippen molar-refractivity contribution in [2.75, 3.05) is 18.1 Å². The van der Waals surface area contributed by atoms with Gasteiger partial charge < -0.3 is 15.7 Å². The topological polar surface area (TPSA) is 49.5 Å². The molecule has 0 saturated carbocycles. The Labute approximate surface area is 107 Å². The van der Waals surface area contributed by atoms with Crippen LogP contribution in [-0.2, 0) is 0 Å². The molecule has 4 heteroatoms. The number of nitrogens with zero attached hydrogens (tertiary/aromatic N) is 1. The second kappa shape index (κ2) is 5.24. The third-order valence-corrected chi connectivity index (χ3v) is 3.86. The van der Waals surface area contributed by atoms with E-state index < -0.39 is 0 Å². The normalized spacial score (nSPS) is 25.5. The molecule has 0 bridgehead atoms. The lowest BCUT2D eigenvalue weighted by Gasteiger charge is -2.30. The maximum Gasteiger partial charge on any atom is 0.123 e. The quantitative estimate of drug-likeness (QED) is 0.865. The van der Waals surface area contributed by atoms with E-state index in [1.54, 1.807) is 6.07 Å². The van der Waals surface area contributed by atoms with Crippen molar-refractivity contribution >= 4 is 5.69 Å². The number of nitrogens with two attached hydrogens (primary N) is 1. The highest BCUT2D eigenvalue weighted by Crippen LogP contribution is 2.34. The molecule has 3 unspecified atom stereocenters. The van der Waals surface area contributed by atoms with Crippen LogP contribution >= 0.6 is 0 Å². The molecule has 3 atom stereocenters. The van der Waals surface area contributed by atoms with Crippen LogP contribution in [0.25, 0.3) is 0 Å². The lowest BCUT2D eigenvalue weighted by molar-refractivity contribution is 0.244. The number of halogens is 1. The van der Waals surface area contributed by atoms with Gasteiger partial charge in [0.05, 0.1) is 12.6 Å². The first-order valence-corrected chi connectivity index (χ1v) is 6.47. The highest BCUT2D eigenvalue weighted by molar-refractivity contribution is 5.56. The Morgan fingerprint density at radius 1 is 1.56 bits per heavy atom. The molecule has 3 nitrogen and oxygen atoms in total. The first-order valence-electron chi connectivity index (χ1n) is 6.47. The van der Waals surface area contributed by atoms with Crippen LogP contribution in [0.4, 0.5) is 10.1 Å². The second-order valence-corrected chi connectivity index (χ2v) is 5.20. The van der Waals surface area contributed by atoms with E-state index in [0.29, 0.717) is 5.92 Å². The Balaban J connectivity index is 2.38. The molecule has 3 N–H and O–H groups in total. The Kier molecular flexibility index (Phi) is 3.88. The summed E-state index contributed by atoms with van der Waals surface area (Å²) in [6.45, 7) is 5.00. The van der Waals surface area contributed by atoms with Crippen molar-refractivity contribution in [3.63, 3.8) is 0 Å². The van der Waals surface area contributed by atoms with Crippen LogP contribution in [0.5, 0.6) is 0 Å². The Bertz CT molecular complexity index is 422. The molecular formula is C14H21FN2O. The number of hydrogen-bond acceptors (Lipinski definition) is 3. The monoisotopic (exact) mass is 252 g/mol. The average molecular weight is 252 g/mol. The minimum atomic E-state index is -0.265. The number of anilines is 1. The van der Waals surface area contributed by atoms with Gasteiger partial charge in [0, 0.05) is 18.3 Å².